The van der Waals surface area contributed by atoms with Gasteiger partial charge in [0.25, 0.3) is 0 Å². The molecule has 2 aromatic carbocycles. The second kappa shape index (κ2) is 4.63. The highest BCUT2D eigenvalue weighted by molar-refractivity contribution is 6.31. The normalized spacial score (nSPS) is 10.3. The maximum absolute atomic E-state index is 13.3. The van der Waals surface area contributed by atoms with E-state index in [9.17, 15) is 4.39 Å². The zero-order valence-corrected chi connectivity index (χ0v) is 9.96. The van der Waals surface area contributed by atoms with Crippen molar-refractivity contribution < 1.29 is 9.13 Å². The van der Waals surface area contributed by atoms with Crippen LogP contribution >= 0.6 is 11.6 Å². The van der Waals surface area contributed by atoms with Crippen LogP contribution in [-0.4, -0.2) is 0 Å². The third-order valence-corrected chi connectivity index (χ3v) is 2.56. The van der Waals surface area contributed by atoms with Gasteiger partial charge in [-0.3, -0.25) is 0 Å². The molecular weight excluding hydrogens is 241 g/mol. The Labute approximate surface area is 104 Å². The highest BCUT2D eigenvalue weighted by atomic mass is 35.5. The van der Waals surface area contributed by atoms with Gasteiger partial charge in [-0.2, -0.15) is 0 Å². The van der Waals surface area contributed by atoms with Crippen LogP contribution in [0, 0.1) is 12.7 Å². The van der Waals surface area contributed by atoms with Crippen molar-refractivity contribution in [1.82, 2.24) is 0 Å². The van der Waals surface area contributed by atoms with Gasteiger partial charge in [-0.15, -0.1) is 0 Å². The molecule has 0 bridgehead atoms. The van der Waals surface area contributed by atoms with Gasteiger partial charge in [-0.1, -0.05) is 23.7 Å². The molecule has 0 fully saturated rings. The summed E-state index contributed by atoms with van der Waals surface area (Å²) in [5, 5.41) is -0.0147. The van der Waals surface area contributed by atoms with Gasteiger partial charge in [0.05, 0.1) is 10.7 Å². The van der Waals surface area contributed by atoms with Gasteiger partial charge in [0, 0.05) is 6.07 Å². The fraction of sp³-hybridized carbons (Fsp3) is 0.0769. The zero-order chi connectivity index (χ0) is 12.4. The monoisotopic (exact) mass is 251 g/mol. The smallest absolute Gasteiger partial charge is 0.153 e. The van der Waals surface area contributed by atoms with E-state index in [1.807, 2.05) is 25.1 Å². The quantitative estimate of drug-likeness (QED) is 0.814. The molecular formula is C13H11ClFNO. The van der Waals surface area contributed by atoms with E-state index in [1.165, 1.54) is 12.1 Å². The van der Waals surface area contributed by atoms with Crippen LogP contribution in [-0.2, 0) is 0 Å². The highest BCUT2D eigenvalue weighted by Crippen LogP contribution is 2.31. The Bertz CT molecular complexity index is 557. The minimum absolute atomic E-state index is 0.0147. The van der Waals surface area contributed by atoms with E-state index in [1.54, 1.807) is 6.07 Å². The lowest BCUT2D eigenvalue weighted by Crippen LogP contribution is -1.94. The topological polar surface area (TPSA) is 35.2 Å². The maximum atomic E-state index is 13.3. The Morgan fingerprint density at radius 3 is 2.71 bits per heavy atom. The number of hydrogen-bond acceptors (Lipinski definition) is 2. The second-order valence-electron chi connectivity index (χ2n) is 3.72. The van der Waals surface area contributed by atoms with Crippen molar-refractivity contribution in [3.05, 3.63) is 52.8 Å². The predicted molar refractivity (Wildman–Crippen MR) is 67.1 cm³/mol. The molecule has 0 radical (unpaired) electrons. The summed E-state index contributed by atoms with van der Waals surface area (Å²) in [6.07, 6.45) is 0. The van der Waals surface area contributed by atoms with Gasteiger partial charge in [-0.25, -0.2) is 4.39 Å². The van der Waals surface area contributed by atoms with E-state index in [-0.39, 0.29) is 10.8 Å². The first-order valence-electron chi connectivity index (χ1n) is 5.05. The summed E-state index contributed by atoms with van der Waals surface area (Å²) in [4.78, 5) is 0. The van der Waals surface area contributed by atoms with E-state index in [0.29, 0.717) is 11.4 Å². The first-order chi connectivity index (χ1) is 8.06. The number of nitrogen functional groups attached to an aromatic ring is 1. The minimum atomic E-state index is -0.552. The fourth-order valence-electron chi connectivity index (χ4n) is 1.44. The summed E-state index contributed by atoms with van der Waals surface area (Å²) < 4.78 is 18.8. The lowest BCUT2D eigenvalue weighted by Gasteiger charge is -2.09. The maximum Gasteiger partial charge on any atom is 0.153 e. The lowest BCUT2D eigenvalue weighted by molar-refractivity contribution is 0.479. The molecule has 0 aliphatic heterocycles. The molecule has 17 heavy (non-hydrogen) atoms. The third kappa shape index (κ3) is 2.68. The molecule has 0 spiro atoms. The summed E-state index contributed by atoms with van der Waals surface area (Å²) in [6, 6.07) is 9.93. The van der Waals surface area contributed by atoms with Crippen molar-refractivity contribution in [1.29, 1.82) is 0 Å². The second-order valence-corrected chi connectivity index (χ2v) is 4.13. The number of anilines is 1. The van der Waals surface area contributed by atoms with Gasteiger partial charge in [-0.05, 0) is 30.7 Å². The molecule has 0 amide bonds. The number of rotatable bonds is 2. The summed E-state index contributed by atoms with van der Waals surface area (Å²) in [7, 11) is 0. The minimum Gasteiger partial charge on any atom is -0.455 e. The summed E-state index contributed by atoms with van der Waals surface area (Å²) in [6.45, 7) is 1.94. The molecule has 4 heteroatoms. The molecule has 2 nitrogen and oxygen atoms in total. The van der Waals surface area contributed by atoms with Crippen LogP contribution in [0.2, 0.25) is 5.02 Å². The van der Waals surface area contributed by atoms with Gasteiger partial charge < -0.3 is 10.5 Å². The summed E-state index contributed by atoms with van der Waals surface area (Å²) in [5.74, 6) is 0.319. The van der Waals surface area contributed by atoms with E-state index in [2.05, 4.69) is 0 Å². The Morgan fingerprint density at radius 2 is 2.00 bits per heavy atom. The third-order valence-electron chi connectivity index (χ3n) is 2.27. The number of nitrogens with two attached hydrogens (primary N) is 1. The van der Waals surface area contributed by atoms with Gasteiger partial charge in [0.1, 0.15) is 11.6 Å². The molecule has 2 N–H and O–H groups in total. The van der Waals surface area contributed by atoms with Crippen molar-refractivity contribution in [2.75, 3.05) is 5.73 Å². The number of halogens is 2. The first kappa shape index (κ1) is 11.7. The van der Waals surface area contributed by atoms with E-state index in [4.69, 9.17) is 22.1 Å². The molecule has 0 aliphatic rings. The number of ether oxygens (including phenoxy) is 1. The fourth-order valence-corrected chi connectivity index (χ4v) is 1.61. The zero-order valence-electron chi connectivity index (χ0n) is 9.21. The first-order valence-corrected chi connectivity index (χ1v) is 5.43. The van der Waals surface area contributed by atoms with Crippen LogP contribution in [0.1, 0.15) is 5.56 Å². The van der Waals surface area contributed by atoms with Crippen LogP contribution in [0.15, 0.2) is 36.4 Å². The van der Waals surface area contributed by atoms with E-state index < -0.39 is 5.82 Å². The van der Waals surface area contributed by atoms with Crippen LogP contribution in [0.5, 0.6) is 11.5 Å². The largest absolute Gasteiger partial charge is 0.455 e. The lowest BCUT2D eigenvalue weighted by atomic mass is 10.2. The van der Waals surface area contributed by atoms with Crippen LogP contribution in [0.3, 0.4) is 0 Å². The predicted octanol–water partition coefficient (Wildman–Crippen LogP) is 4.16. The highest BCUT2D eigenvalue weighted by Gasteiger charge is 2.08. The average Bonchev–Trinajstić information content (AvgIpc) is 2.26. The van der Waals surface area contributed by atoms with E-state index in [0.717, 1.165) is 5.56 Å². The Balaban J connectivity index is 2.33. The molecule has 0 aliphatic carbocycles. The van der Waals surface area contributed by atoms with Crippen molar-refractivity contribution in [3.8, 4) is 11.5 Å². The van der Waals surface area contributed by atoms with Crippen LogP contribution in [0.4, 0.5) is 10.1 Å². The number of aryl methyl sites for hydroxylation is 1. The summed E-state index contributed by atoms with van der Waals surface area (Å²) in [5.41, 5.74) is 7.06. The van der Waals surface area contributed by atoms with Gasteiger partial charge >= 0.3 is 0 Å². The van der Waals surface area contributed by atoms with Gasteiger partial charge in [0.15, 0.2) is 5.75 Å². The molecule has 2 rings (SSSR count). The molecule has 0 atom stereocenters. The molecule has 2 aromatic rings. The van der Waals surface area contributed by atoms with Crippen molar-refractivity contribution in [2.45, 2.75) is 6.92 Å². The van der Waals surface area contributed by atoms with Crippen molar-refractivity contribution in [2.24, 2.45) is 0 Å². The van der Waals surface area contributed by atoms with E-state index >= 15 is 0 Å². The van der Waals surface area contributed by atoms with Crippen molar-refractivity contribution >= 4 is 17.3 Å². The molecule has 0 saturated carbocycles. The standard InChI is InChI=1S/C13H11ClFNO/c1-8-3-2-4-9(5-8)17-13-7-11(15)10(14)6-12(13)16/h2-7H,16H2,1H3. The Morgan fingerprint density at radius 1 is 1.24 bits per heavy atom. The molecule has 0 unspecified atom stereocenters. The molecule has 0 heterocycles. The molecule has 0 aromatic heterocycles. The number of benzene rings is 2. The Kier molecular flexibility index (Phi) is 3.20. The number of hydrogen-bond donors (Lipinski definition) is 1. The molecule has 0 saturated heterocycles. The van der Waals surface area contributed by atoms with Gasteiger partial charge in [0.2, 0.25) is 0 Å². The van der Waals surface area contributed by atoms with Crippen LogP contribution < -0.4 is 10.5 Å². The summed E-state index contributed by atoms with van der Waals surface area (Å²) >= 11 is 5.60. The molecule has 88 valence electrons. The average molecular weight is 252 g/mol. The van der Waals surface area contributed by atoms with Crippen LogP contribution in [0.25, 0.3) is 0 Å². The Hall–Kier alpha value is -1.74. The SMILES string of the molecule is Cc1cccc(Oc2cc(F)c(Cl)cc2N)c1. The van der Waals surface area contributed by atoms with Crippen molar-refractivity contribution in [3.63, 3.8) is 0 Å².